The summed E-state index contributed by atoms with van der Waals surface area (Å²) in [5.74, 6) is -1.03. The quantitative estimate of drug-likeness (QED) is 0.756. The molecule has 0 saturated carbocycles. The van der Waals surface area contributed by atoms with Crippen LogP contribution in [-0.4, -0.2) is 47.7 Å². The van der Waals surface area contributed by atoms with Crippen molar-refractivity contribution in [1.82, 2.24) is 9.47 Å². The number of nitrogens with zero attached hydrogens (tertiary/aromatic N) is 2. The molecule has 0 aliphatic rings. The minimum atomic E-state index is -4.41. The average molecular weight is 306 g/mol. The Labute approximate surface area is 120 Å². The zero-order valence-corrected chi connectivity index (χ0v) is 11.8. The lowest BCUT2D eigenvalue weighted by atomic mass is 10.3. The third-order valence-corrected chi connectivity index (χ3v) is 2.88. The fraction of sp³-hybridized carbons (Fsp3) is 0.538. The minimum Gasteiger partial charge on any atom is -0.469 e. The Morgan fingerprint density at radius 2 is 2.05 bits per heavy atom. The number of esters is 1. The number of hydrogen-bond donors (Lipinski definition) is 0. The van der Waals surface area contributed by atoms with Crippen molar-refractivity contribution in [2.75, 3.05) is 20.2 Å². The smallest absolute Gasteiger partial charge is 0.406 e. The summed E-state index contributed by atoms with van der Waals surface area (Å²) in [7, 11) is 1.23. The summed E-state index contributed by atoms with van der Waals surface area (Å²) in [5, 5.41) is 0. The molecule has 0 bridgehead atoms. The van der Waals surface area contributed by atoms with Crippen molar-refractivity contribution in [3.05, 3.63) is 24.0 Å². The second-order valence-corrected chi connectivity index (χ2v) is 4.35. The van der Waals surface area contributed by atoms with Crippen molar-refractivity contribution < 1.29 is 27.5 Å². The fourth-order valence-electron chi connectivity index (χ4n) is 1.83. The Balaban J connectivity index is 2.81. The van der Waals surface area contributed by atoms with E-state index in [-0.39, 0.29) is 25.2 Å². The lowest BCUT2D eigenvalue weighted by molar-refractivity contribution is -0.141. The van der Waals surface area contributed by atoms with Crippen molar-refractivity contribution in [3.63, 3.8) is 0 Å². The summed E-state index contributed by atoms with van der Waals surface area (Å²) in [5.41, 5.74) is -0.0564. The highest BCUT2D eigenvalue weighted by molar-refractivity contribution is 5.93. The van der Waals surface area contributed by atoms with E-state index in [1.54, 1.807) is 6.92 Å². The Hall–Kier alpha value is -1.99. The van der Waals surface area contributed by atoms with Gasteiger partial charge in [-0.1, -0.05) is 0 Å². The molecule has 0 atom stereocenters. The molecule has 0 N–H and O–H groups in total. The van der Waals surface area contributed by atoms with Gasteiger partial charge in [-0.15, -0.1) is 0 Å². The predicted molar refractivity (Wildman–Crippen MR) is 68.7 cm³/mol. The van der Waals surface area contributed by atoms with Gasteiger partial charge in [0.15, 0.2) is 0 Å². The molecule has 1 aromatic heterocycles. The maximum Gasteiger partial charge on any atom is 0.406 e. The highest BCUT2D eigenvalue weighted by atomic mass is 19.4. The monoisotopic (exact) mass is 306 g/mol. The van der Waals surface area contributed by atoms with Gasteiger partial charge in [-0.2, -0.15) is 13.2 Å². The summed E-state index contributed by atoms with van der Waals surface area (Å²) in [6, 6.07) is 2.71. The van der Waals surface area contributed by atoms with E-state index in [9.17, 15) is 22.8 Å². The molecule has 0 saturated heterocycles. The Kier molecular flexibility index (Phi) is 5.80. The topological polar surface area (TPSA) is 51.5 Å². The average Bonchev–Trinajstić information content (AvgIpc) is 2.84. The van der Waals surface area contributed by atoms with Crippen LogP contribution in [0.25, 0.3) is 0 Å². The summed E-state index contributed by atoms with van der Waals surface area (Å²) < 4.78 is 42.6. The minimum absolute atomic E-state index is 0.00391. The Morgan fingerprint density at radius 3 is 2.57 bits per heavy atom. The zero-order valence-electron chi connectivity index (χ0n) is 11.8. The van der Waals surface area contributed by atoms with Crippen LogP contribution in [0, 0.1) is 0 Å². The van der Waals surface area contributed by atoms with Crippen LogP contribution in [0.2, 0.25) is 0 Å². The number of carbonyl (C=O) groups is 2. The third-order valence-electron chi connectivity index (χ3n) is 2.88. The molecule has 1 rings (SSSR count). The molecular weight excluding hydrogens is 289 g/mol. The van der Waals surface area contributed by atoms with Gasteiger partial charge in [0, 0.05) is 19.3 Å². The molecule has 0 aromatic carbocycles. The van der Waals surface area contributed by atoms with Gasteiger partial charge in [-0.05, 0) is 19.1 Å². The summed E-state index contributed by atoms with van der Waals surface area (Å²) in [4.78, 5) is 24.6. The van der Waals surface area contributed by atoms with Gasteiger partial charge in [0.25, 0.3) is 5.91 Å². The maximum atomic E-state index is 12.4. The van der Waals surface area contributed by atoms with Gasteiger partial charge >= 0.3 is 12.1 Å². The molecule has 1 heterocycles. The van der Waals surface area contributed by atoms with Gasteiger partial charge in [0.2, 0.25) is 0 Å². The molecule has 1 amide bonds. The highest BCUT2D eigenvalue weighted by Gasteiger charge is 2.30. The van der Waals surface area contributed by atoms with E-state index >= 15 is 0 Å². The van der Waals surface area contributed by atoms with Crippen LogP contribution < -0.4 is 0 Å². The highest BCUT2D eigenvalue weighted by Crippen LogP contribution is 2.19. The van der Waals surface area contributed by atoms with E-state index in [4.69, 9.17) is 0 Å². The SMILES string of the molecule is CCN(CCC(=O)OC)C(=O)c1cccn1CC(F)(F)F. The zero-order chi connectivity index (χ0) is 16.0. The van der Waals surface area contributed by atoms with Crippen molar-refractivity contribution in [2.45, 2.75) is 26.1 Å². The van der Waals surface area contributed by atoms with Gasteiger partial charge in [-0.25, -0.2) is 0 Å². The van der Waals surface area contributed by atoms with Gasteiger partial charge in [0.1, 0.15) is 12.2 Å². The summed E-state index contributed by atoms with van der Waals surface area (Å²) >= 11 is 0. The number of ether oxygens (including phenoxy) is 1. The van der Waals surface area contributed by atoms with Crippen LogP contribution >= 0.6 is 0 Å². The van der Waals surface area contributed by atoms with E-state index in [2.05, 4.69) is 4.74 Å². The van der Waals surface area contributed by atoms with Crippen LogP contribution in [0.15, 0.2) is 18.3 Å². The lowest BCUT2D eigenvalue weighted by Crippen LogP contribution is -2.35. The van der Waals surface area contributed by atoms with Crippen LogP contribution in [0.4, 0.5) is 13.2 Å². The molecule has 0 spiro atoms. The predicted octanol–water partition coefficient (Wildman–Crippen LogP) is 2.08. The number of methoxy groups -OCH3 is 1. The molecule has 118 valence electrons. The first-order valence-electron chi connectivity index (χ1n) is 6.36. The Morgan fingerprint density at radius 1 is 1.38 bits per heavy atom. The van der Waals surface area contributed by atoms with Gasteiger partial charge in [0.05, 0.1) is 13.5 Å². The molecule has 0 aliphatic heterocycles. The number of halogens is 3. The molecule has 0 radical (unpaired) electrons. The number of hydrogen-bond acceptors (Lipinski definition) is 3. The normalized spacial score (nSPS) is 11.3. The molecule has 0 fully saturated rings. The molecule has 0 aliphatic carbocycles. The standard InChI is InChI=1S/C13H17F3N2O3/c1-3-17(8-6-11(19)21-2)12(20)10-5-4-7-18(10)9-13(14,15)16/h4-5,7H,3,6,8-9H2,1-2H3. The Bertz CT molecular complexity index is 497. The lowest BCUT2D eigenvalue weighted by Gasteiger charge is -2.21. The van der Waals surface area contributed by atoms with Crippen LogP contribution in [0.5, 0.6) is 0 Å². The number of amides is 1. The van der Waals surface area contributed by atoms with Crippen LogP contribution in [0.3, 0.4) is 0 Å². The molecule has 1 aromatic rings. The van der Waals surface area contributed by atoms with E-state index in [0.29, 0.717) is 0 Å². The van der Waals surface area contributed by atoms with Crippen LogP contribution in [-0.2, 0) is 16.1 Å². The van der Waals surface area contributed by atoms with Gasteiger partial charge < -0.3 is 14.2 Å². The number of alkyl halides is 3. The molecule has 21 heavy (non-hydrogen) atoms. The van der Waals surface area contributed by atoms with Crippen molar-refractivity contribution in [2.24, 2.45) is 0 Å². The van der Waals surface area contributed by atoms with E-state index in [0.717, 1.165) is 4.57 Å². The van der Waals surface area contributed by atoms with Crippen LogP contribution in [0.1, 0.15) is 23.8 Å². The van der Waals surface area contributed by atoms with Crippen molar-refractivity contribution in [1.29, 1.82) is 0 Å². The van der Waals surface area contributed by atoms with E-state index in [1.165, 1.54) is 30.3 Å². The molecular formula is C13H17F3N2O3. The first-order valence-corrected chi connectivity index (χ1v) is 6.36. The van der Waals surface area contributed by atoms with Crippen molar-refractivity contribution >= 4 is 11.9 Å². The number of rotatable bonds is 6. The largest absolute Gasteiger partial charge is 0.469 e. The number of aromatic nitrogens is 1. The second kappa shape index (κ2) is 7.14. The molecule has 5 nitrogen and oxygen atoms in total. The first kappa shape index (κ1) is 17.1. The first-order chi connectivity index (χ1) is 9.78. The van der Waals surface area contributed by atoms with Crippen molar-refractivity contribution in [3.8, 4) is 0 Å². The molecule has 0 unspecified atom stereocenters. The number of carbonyl (C=O) groups excluding carboxylic acids is 2. The second-order valence-electron chi connectivity index (χ2n) is 4.35. The summed E-state index contributed by atoms with van der Waals surface area (Å²) in [6.07, 6.45) is -3.21. The van der Waals surface area contributed by atoms with E-state index in [1.807, 2.05) is 0 Å². The fourth-order valence-corrected chi connectivity index (χ4v) is 1.83. The van der Waals surface area contributed by atoms with E-state index < -0.39 is 24.6 Å². The summed E-state index contributed by atoms with van der Waals surface area (Å²) in [6.45, 7) is 0.841. The molecule has 8 heteroatoms. The maximum absolute atomic E-state index is 12.4. The van der Waals surface area contributed by atoms with Gasteiger partial charge in [-0.3, -0.25) is 9.59 Å². The third kappa shape index (κ3) is 5.13.